The first kappa shape index (κ1) is 22.3. The van der Waals surface area contributed by atoms with Gasteiger partial charge in [0.05, 0.1) is 16.5 Å². The van der Waals surface area contributed by atoms with Gasteiger partial charge in [0.1, 0.15) is 12.4 Å². The standard InChI is InChI=1S/C27H21ClN2O3S/c28-22-11-5-7-13-24(22)33-15-14-30-26(31)25(34-27(30)32)16-20-18-29(17-19-8-2-1-3-9-19)23-12-6-4-10-21(20)23/h1-13,16,18H,14-15,17H2/b25-16-. The van der Waals surface area contributed by atoms with Crippen molar-refractivity contribution in [2.24, 2.45) is 0 Å². The number of thioether (sulfide) groups is 1. The first-order chi connectivity index (χ1) is 16.6. The van der Waals surface area contributed by atoms with Crippen LogP contribution in [0.25, 0.3) is 17.0 Å². The molecule has 5 rings (SSSR count). The van der Waals surface area contributed by atoms with Crippen LogP contribution in [0.3, 0.4) is 0 Å². The zero-order valence-corrected chi connectivity index (χ0v) is 19.8. The lowest BCUT2D eigenvalue weighted by molar-refractivity contribution is -0.123. The van der Waals surface area contributed by atoms with Crippen molar-refractivity contribution in [3.05, 3.63) is 106 Å². The molecule has 1 aliphatic rings. The van der Waals surface area contributed by atoms with E-state index in [1.165, 1.54) is 10.5 Å². The molecule has 1 fully saturated rings. The minimum atomic E-state index is -0.308. The number of ether oxygens (including phenoxy) is 1. The van der Waals surface area contributed by atoms with Crippen LogP contribution >= 0.6 is 23.4 Å². The summed E-state index contributed by atoms with van der Waals surface area (Å²) in [4.78, 5) is 27.2. The molecule has 0 bridgehead atoms. The Morgan fingerprint density at radius 2 is 1.65 bits per heavy atom. The minimum absolute atomic E-state index is 0.156. The van der Waals surface area contributed by atoms with E-state index in [1.54, 1.807) is 12.1 Å². The number of para-hydroxylation sites is 2. The summed E-state index contributed by atoms with van der Waals surface area (Å²) in [6.07, 6.45) is 3.84. The van der Waals surface area contributed by atoms with Gasteiger partial charge in [-0.15, -0.1) is 0 Å². The number of rotatable bonds is 7. The molecule has 1 aliphatic heterocycles. The second kappa shape index (κ2) is 9.79. The highest BCUT2D eigenvalue weighted by Crippen LogP contribution is 2.34. The van der Waals surface area contributed by atoms with Crippen LogP contribution in [0.5, 0.6) is 5.75 Å². The predicted octanol–water partition coefficient (Wildman–Crippen LogP) is 6.46. The van der Waals surface area contributed by atoms with Crippen molar-refractivity contribution >= 4 is 51.5 Å². The highest BCUT2D eigenvalue weighted by atomic mass is 35.5. The number of halogens is 1. The molecule has 2 heterocycles. The summed E-state index contributed by atoms with van der Waals surface area (Å²) >= 11 is 7.06. The van der Waals surface area contributed by atoms with Crippen LogP contribution in [0.2, 0.25) is 5.02 Å². The molecule has 2 amide bonds. The Hall–Kier alpha value is -3.48. The maximum absolute atomic E-state index is 13.0. The van der Waals surface area contributed by atoms with Gasteiger partial charge in [-0.1, -0.05) is 72.3 Å². The largest absolute Gasteiger partial charge is 0.490 e. The van der Waals surface area contributed by atoms with Gasteiger partial charge in [-0.3, -0.25) is 14.5 Å². The van der Waals surface area contributed by atoms with Gasteiger partial charge in [0.2, 0.25) is 0 Å². The van der Waals surface area contributed by atoms with E-state index >= 15 is 0 Å². The highest BCUT2D eigenvalue weighted by molar-refractivity contribution is 8.18. The lowest BCUT2D eigenvalue weighted by atomic mass is 10.1. The van der Waals surface area contributed by atoms with Gasteiger partial charge in [-0.2, -0.15) is 0 Å². The van der Waals surface area contributed by atoms with Gasteiger partial charge >= 0.3 is 0 Å². The third-order valence-corrected chi connectivity index (χ3v) is 6.80. The smallest absolute Gasteiger partial charge is 0.293 e. The summed E-state index contributed by atoms with van der Waals surface area (Å²) < 4.78 is 7.82. The Labute approximate surface area is 206 Å². The zero-order valence-electron chi connectivity index (χ0n) is 18.2. The third kappa shape index (κ3) is 4.60. The van der Waals surface area contributed by atoms with E-state index in [0.29, 0.717) is 15.7 Å². The van der Waals surface area contributed by atoms with Crippen LogP contribution in [-0.4, -0.2) is 33.8 Å². The normalized spacial score (nSPS) is 15.0. The van der Waals surface area contributed by atoms with Crippen molar-refractivity contribution in [1.82, 2.24) is 9.47 Å². The van der Waals surface area contributed by atoms with Crippen LogP contribution in [0.4, 0.5) is 4.79 Å². The molecule has 170 valence electrons. The van der Waals surface area contributed by atoms with Crippen molar-refractivity contribution in [2.75, 3.05) is 13.2 Å². The van der Waals surface area contributed by atoms with E-state index in [9.17, 15) is 9.59 Å². The first-order valence-corrected chi connectivity index (χ1v) is 12.0. The maximum atomic E-state index is 13.0. The fourth-order valence-electron chi connectivity index (χ4n) is 3.94. The fraction of sp³-hybridized carbons (Fsp3) is 0.111. The van der Waals surface area contributed by atoms with Crippen LogP contribution < -0.4 is 4.74 Å². The predicted molar refractivity (Wildman–Crippen MR) is 137 cm³/mol. The summed E-state index contributed by atoms with van der Waals surface area (Å²) in [7, 11) is 0. The number of hydrogen-bond donors (Lipinski definition) is 0. The monoisotopic (exact) mass is 488 g/mol. The van der Waals surface area contributed by atoms with Crippen molar-refractivity contribution in [3.63, 3.8) is 0 Å². The van der Waals surface area contributed by atoms with E-state index < -0.39 is 0 Å². The second-order valence-electron chi connectivity index (χ2n) is 7.83. The molecule has 0 unspecified atom stereocenters. The minimum Gasteiger partial charge on any atom is -0.490 e. The molecular formula is C27H21ClN2O3S. The summed E-state index contributed by atoms with van der Waals surface area (Å²) in [5.74, 6) is 0.218. The molecule has 4 aromatic rings. The topological polar surface area (TPSA) is 51.5 Å². The molecule has 5 nitrogen and oxygen atoms in total. The maximum Gasteiger partial charge on any atom is 0.293 e. The molecule has 0 aliphatic carbocycles. The quantitative estimate of drug-likeness (QED) is 0.280. The zero-order chi connectivity index (χ0) is 23.5. The van der Waals surface area contributed by atoms with E-state index in [-0.39, 0.29) is 24.3 Å². The van der Waals surface area contributed by atoms with E-state index in [2.05, 4.69) is 22.8 Å². The first-order valence-electron chi connectivity index (χ1n) is 10.8. The third-order valence-electron chi connectivity index (χ3n) is 5.58. The highest BCUT2D eigenvalue weighted by Gasteiger charge is 2.35. The molecule has 0 saturated carbocycles. The summed E-state index contributed by atoms with van der Waals surface area (Å²) in [5.41, 5.74) is 3.17. The Balaban J connectivity index is 1.35. The molecule has 3 aromatic carbocycles. The number of aromatic nitrogens is 1. The second-order valence-corrected chi connectivity index (χ2v) is 9.23. The molecule has 1 aromatic heterocycles. The van der Waals surface area contributed by atoms with Gasteiger partial charge in [0.25, 0.3) is 11.1 Å². The Kier molecular flexibility index (Phi) is 6.43. The molecule has 0 N–H and O–H groups in total. The van der Waals surface area contributed by atoms with Gasteiger partial charge < -0.3 is 9.30 Å². The number of hydrogen-bond acceptors (Lipinski definition) is 4. The number of fused-ring (bicyclic) bond motifs is 1. The number of benzene rings is 3. The Bertz CT molecular complexity index is 1400. The summed E-state index contributed by atoms with van der Waals surface area (Å²) in [6.45, 7) is 1.05. The average molecular weight is 489 g/mol. The van der Waals surface area contributed by atoms with E-state index in [1.807, 2.05) is 60.8 Å². The Morgan fingerprint density at radius 1 is 0.912 bits per heavy atom. The average Bonchev–Trinajstić information content (AvgIpc) is 3.32. The summed E-state index contributed by atoms with van der Waals surface area (Å²) in [6, 6.07) is 25.4. The fourth-order valence-corrected chi connectivity index (χ4v) is 4.99. The van der Waals surface area contributed by atoms with Gasteiger partial charge in [0.15, 0.2) is 0 Å². The molecule has 0 atom stereocenters. The van der Waals surface area contributed by atoms with E-state index in [4.69, 9.17) is 16.3 Å². The lowest BCUT2D eigenvalue weighted by Gasteiger charge is -2.13. The van der Waals surface area contributed by atoms with Crippen molar-refractivity contribution < 1.29 is 14.3 Å². The van der Waals surface area contributed by atoms with E-state index in [0.717, 1.165) is 34.8 Å². The molecular weight excluding hydrogens is 468 g/mol. The molecule has 1 saturated heterocycles. The Morgan fingerprint density at radius 3 is 2.47 bits per heavy atom. The number of amides is 2. The van der Waals surface area contributed by atoms with Crippen LogP contribution in [0.15, 0.2) is 90.0 Å². The van der Waals surface area contributed by atoms with Crippen LogP contribution in [-0.2, 0) is 11.3 Å². The summed E-state index contributed by atoms with van der Waals surface area (Å²) in [5, 5.41) is 1.22. The van der Waals surface area contributed by atoms with Crippen LogP contribution in [0, 0.1) is 0 Å². The molecule has 0 radical (unpaired) electrons. The van der Waals surface area contributed by atoms with Crippen molar-refractivity contribution in [1.29, 1.82) is 0 Å². The van der Waals surface area contributed by atoms with Gasteiger partial charge in [-0.25, -0.2) is 0 Å². The van der Waals surface area contributed by atoms with Gasteiger partial charge in [0, 0.05) is 29.2 Å². The number of imide groups is 1. The number of carbonyl (C=O) groups is 2. The van der Waals surface area contributed by atoms with Crippen LogP contribution in [0.1, 0.15) is 11.1 Å². The van der Waals surface area contributed by atoms with Crippen molar-refractivity contribution in [3.8, 4) is 5.75 Å². The van der Waals surface area contributed by atoms with Gasteiger partial charge in [-0.05, 0) is 41.6 Å². The SMILES string of the molecule is O=C1S/C(=C\c2cn(Cc3ccccc3)c3ccccc23)C(=O)N1CCOc1ccccc1Cl. The molecule has 0 spiro atoms. The lowest BCUT2D eigenvalue weighted by Crippen LogP contribution is -2.32. The number of carbonyl (C=O) groups excluding carboxylic acids is 2. The number of nitrogens with zero attached hydrogens (tertiary/aromatic N) is 2. The molecule has 34 heavy (non-hydrogen) atoms. The molecule has 7 heteroatoms. The van der Waals surface area contributed by atoms with Crippen molar-refractivity contribution in [2.45, 2.75) is 6.54 Å².